The lowest BCUT2D eigenvalue weighted by atomic mass is 9.83. The second-order valence-electron chi connectivity index (χ2n) is 5.08. The van der Waals surface area contributed by atoms with E-state index >= 15 is 0 Å². The molecular formula is C11H20N2O. The van der Waals surface area contributed by atoms with Crippen molar-refractivity contribution in [1.29, 1.82) is 0 Å². The smallest absolute Gasteiger partial charge is 0.227 e. The zero-order valence-corrected chi connectivity index (χ0v) is 9.34. The molecule has 14 heavy (non-hydrogen) atoms. The monoisotopic (exact) mass is 196 g/mol. The van der Waals surface area contributed by atoms with Crippen LogP contribution in [0.4, 0.5) is 0 Å². The molecule has 0 bridgehead atoms. The Morgan fingerprint density at radius 3 is 2.93 bits per heavy atom. The van der Waals surface area contributed by atoms with Crippen molar-refractivity contribution < 1.29 is 4.79 Å². The molecule has 0 radical (unpaired) electrons. The standard InChI is InChI=1S/C11H20N2O/c1-8(2)9-4-5-11(3)12-6-7-13(11)10(9)14/h8-9,12H,4-7H2,1-3H3. The van der Waals surface area contributed by atoms with Crippen LogP contribution in [0.3, 0.4) is 0 Å². The number of amides is 1. The predicted molar refractivity (Wildman–Crippen MR) is 55.7 cm³/mol. The first-order valence-electron chi connectivity index (χ1n) is 5.61. The van der Waals surface area contributed by atoms with Crippen LogP contribution in [-0.2, 0) is 4.79 Å². The number of nitrogens with zero attached hydrogens (tertiary/aromatic N) is 1. The van der Waals surface area contributed by atoms with E-state index in [1.165, 1.54) is 0 Å². The number of fused-ring (bicyclic) bond motifs is 1. The van der Waals surface area contributed by atoms with Gasteiger partial charge in [-0.1, -0.05) is 13.8 Å². The molecule has 0 aromatic rings. The fourth-order valence-corrected chi connectivity index (χ4v) is 2.73. The molecule has 80 valence electrons. The molecule has 0 saturated carbocycles. The van der Waals surface area contributed by atoms with Gasteiger partial charge in [-0.05, 0) is 25.7 Å². The maximum Gasteiger partial charge on any atom is 0.227 e. The van der Waals surface area contributed by atoms with Crippen molar-refractivity contribution in [1.82, 2.24) is 10.2 Å². The third-order valence-electron chi connectivity index (χ3n) is 3.77. The van der Waals surface area contributed by atoms with Crippen LogP contribution in [0.15, 0.2) is 0 Å². The Morgan fingerprint density at radius 2 is 2.29 bits per heavy atom. The highest BCUT2D eigenvalue weighted by Gasteiger charge is 2.46. The minimum Gasteiger partial charge on any atom is -0.323 e. The fourth-order valence-electron chi connectivity index (χ4n) is 2.73. The highest BCUT2D eigenvalue weighted by Crippen LogP contribution is 2.35. The molecule has 0 spiro atoms. The van der Waals surface area contributed by atoms with Crippen LogP contribution < -0.4 is 5.32 Å². The summed E-state index contributed by atoms with van der Waals surface area (Å²) in [7, 11) is 0. The Kier molecular flexibility index (Phi) is 2.30. The van der Waals surface area contributed by atoms with Crippen molar-refractivity contribution >= 4 is 5.91 Å². The van der Waals surface area contributed by atoms with Gasteiger partial charge in [0.1, 0.15) is 0 Å². The van der Waals surface area contributed by atoms with E-state index in [0.29, 0.717) is 11.8 Å². The molecule has 2 unspecified atom stereocenters. The molecule has 2 aliphatic rings. The van der Waals surface area contributed by atoms with Gasteiger partial charge >= 0.3 is 0 Å². The van der Waals surface area contributed by atoms with Gasteiger partial charge in [-0.15, -0.1) is 0 Å². The normalized spacial score (nSPS) is 37.9. The van der Waals surface area contributed by atoms with Crippen molar-refractivity contribution in [3.05, 3.63) is 0 Å². The molecule has 3 nitrogen and oxygen atoms in total. The van der Waals surface area contributed by atoms with Crippen molar-refractivity contribution in [3.8, 4) is 0 Å². The molecule has 2 atom stereocenters. The maximum atomic E-state index is 12.1. The Balaban J connectivity index is 2.17. The van der Waals surface area contributed by atoms with E-state index in [2.05, 4.69) is 26.1 Å². The summed E-state index contributed by atoms with van der Waals surface area (Å²) in [4.78, 5) is 14.2. The molecule has 2 saturated heterocycles. The lowest BCUT2D eigenvalue weighted by Gasteiger charge is -2.43. The molecule has 3 heteroatoms. The van der Waals surface area contributed by atoms with Gasteiger partial charge in [0, 0.05) is 19.0 Å². The summed E-state index contributed by atoms with van der Waals surface area (Å²) in [5, 5.41) is 3.43. The predicted octanol–water partition coefficient (Wildman–Crippen LogP) is 1.20. The minimum absolute atomic E-state index is 0.0392. The Morgan fingerprint density at radius 1 is 1.57 bits per heavy atom. The fraction of sp³-hybridized carbons (Fsp3) is 0.909. The molecule has 2 heterocycles. The number of hydrogen-bond donors (Lipinski definition) is 1. The van der Waals surface area contributed by atoms with Crippen molar-refractivity contribution in [2.75, 3.05) is 13.1 Å². The average molecular weight is 196 g/mol. The van der Waals surface area contributed by atoms with Crippen LogP contribution in [0.2, 0.25) is 0 Å². The van der Waals surface area contributed by atoms with Crippen molar-refractivity contribution in [3.63, 3.8) is 0 Å². The van der Waals surface area contributed by atoms with E-state index in [-0.39, 0.29) is 11.6 Å². The molecular weight excluding hydrogens is 176 g/mol. The summed E-state index contributed by atoms with van der Waals surface area (Å²) in [6.07, 6.45) is 2.14. The van der Waals surface area contributed by atoms with Gasteiger partial charge in [0.05, 0.1) is 5.66 Å². The molecule has 2 fully saturated rings. The van der Waals surface area contributed by atoms with Crippen molar-refractivity contribution in [2.24, 2.45) is 11.8 Å². The summed E-state index contributed by atoms with van der Waals surface area (Å²) in [6.45, 7) is 8.28. The first kappa shape index (κ1) is 9.97. The topological polar surface area (TPSA) is 32.3 Å². The summed E-state index contributed by atoms with van der Waals surface area (Å²) in [5.74, 6) is 1.09. The third-order valence-corrected chi connectivity index (χ3v) is 3.77. The summed E-state index contributed by atoms with van der Waals surface area (Å²) in [5.41, 5.74) is -0.0392. The van der Waals surface area contributed by atoms with Gasteiger partial charge in [0.25, 0.3) is 0 Å². The van der Waals surface area contributed by atoms with Crippen LogP contribution >= 0.6 is 0 Å². The lowest BCUT2D eigenvalue weighted by molar-refractivity contribution is -0.146. The number of piperidine rings is 1. The van der Waals surface area contributed by atoms with Gasteiger partial charge < -0.3 is 4.90 Å². The highest BCUT2D eigenvalue weighted by molar-refractivity contribution is 5.81. The number of rotatable bonds is 1. The van der Waals surface area contributed by atoms with Crippen LogP contribution in [0.5, 0.6) is 0 Å². The van der Waals surface area contributed by atoms with Crippen LogP contribution in [0.1, 0.15) is 33.6 Å². The SMILES string of the molecule is CC(C)C1CCC2(C)NCCN2C1=O. The van der Waals surface area contributed by atoms with E-state index in [1.807, 2.05) is 4.90 Å². The molecule has 0 aromatic heterocycles. The quantitative estimate of drug-likeness (QED) is 0.683. The van der Waals surface area contributed by atoms with E-state index in [1.54, 1.807) is 0 Å². The highest BCUT2D eigenvalue weighted by atomic mass is 16.2. The second-order valence-corrected chi connectivity index (χ2v) is 5.08. The van der Waals surface area contributed by atoms with Gasteiger partial charge in [-0.25, -0.2) is 0 Å². The number of carbonyl (C=O) groups excluding carboxylic acids is 1. The molecule has 1 amide bonds. The second kappa shape index (κ2) is 3.23. The van der Waals surface area contributed by atoms with Crippen LogP contribution in [-0.4, -0.2) is 29.6 Å². The molecule has 2 rings (SSSR count). The number of carbonyl (C=O) groups is 1. The first-order chi connectivity index (χ1) is 6.54. The van der Waals surface area contributed by atoms with Gasteiger partial charge in [-0.3, -0.25) is 10.1 Å². The van der Waals surface area contributed by atoms with E-state index in [4.69, 9.17) is 0 Å². The molecule has 1 N–H and O–H groups in total. The van der Waals surface area contributed by atoms with Crippen LogP contribution in [0, 0.1) is 11.8 Å². The van der Waals surface area contributed by atoms with Crippen LogP contribution in [0.25, 0.3) is 0 Å². The first-order valence-corrected chi connectivity index (χ1v) is 5.61. The Hall–Kier alpha value is -0.570. The number of hydrogen-bond acceptors (Lipinski definition) is 2. The minimum atomic E-state index is -0.0392. The number of nitrogens with one attached hydrogen (secondary N) is 1. The molecule has 0 aliphatic carbocycles. The van der Waals surface area contributed by atoms with E-state index in [0.717, 1.165) is 25.9 Å². The molecule has 2 aliphatic heterocycles. The summed E-state index contributed by atoms with van der Waals surface area (Å²) in [6, 6.07) is 0. The Bertz CT molecular complexity index is 252. The lowest BCUT2D eigenvalue weighted by Crippen LogP contribution is -2.57. The van der Waals surface area contributed by atoms with Gasteiger partial charge in [-0.2, -0.15) is 0 Å². The zero-order valence-electron chi connectivity index (χ0n) is 9.34. The largest absolute Gasteiger partial charge is 0.323 e. The van der Waals surface area contributed by atoms with E-state index < -0.39 is 0 Å². The van der Waals surface area contributed by atoms with Gasteiger partial charge in [0.2, 0.25) is 5.91 Å². The zero-order chi connectivity index (χ0) is 10.3. The average Bonchev–Trinajstić information content (AvgIpc) is 2.47. The Labute approximate surface area is 85.8 Å². The van der Waals surface area contributed by atoms with Crippen molar-refractivity contribution in [2.45, 2.75) is 39.3 Å². The van der Waals surface area contributed by atoms with Gasteiger partial charge in [0.15, 0.2) is 0 Å². The molecule has 0 aromatic carbocycles. The summed E-state index contributed by atoms with van der Waals surface area (Å²) >= 11 is 0. The maximum absolute atomic E-state index is 12.1. The third kappa shape index (κ3) is 1.34. The van der Waals surface area contributed by atoms with E-state index in [9.17, 15) is 4.79 Å². The summed E-state index contributed by atoms with van der Waals surface area (Å²) < 4.78 is 0.